The van der Waals surface area contributed by atoms with Crippen molar-refractivity contribution in [2.24, 2.45) is 0 Å². The van der Waals surface area contributed by atoms with Crippen LogP contribution in [0.25, 0.3) is 22.1 Å². The number of aromatic nitrogens is 2. The van der Waals surface area contributed by atoms with Gasteiger partial charge in [-0.2, -0.15) is 0 Å². The fourth-order valence-electron chi connectivity index (χ4n) is 3.70. The molecule has 3 heterocycles. The summed E-state index contributed by atoms with van der Waals surface area (Å²) in [6, 6.07) is 16.0. The van der Waals surface area contributed by atoms with Gasteiger partial charge in [-0.3, -0.25) is 14.2 Å². The molecule has 0 aliphatic rings. The maximum Gasteiger partial charge on any atom is 0.298 e. The van der Waals surface area contributed by atoms with Crippen molar-refractivity contribution in [2.45, 2.75) is 11.7 Å². The number of methoxy groups -OCH3 is 2. The Balaban J connectivity index is 1.45. The molecule has 0 aliphatic heterocycles. The highest BCUT2D eigenvalue weighted by atomic mass is 32.2. The molecule has 0 bridgehead atoms. The Hall–Kier alpha value is -4.18. The van der Waals surface area contributed by atoms with Gasteiger partial charge in [-0.05, 0) is 36.4 Å². The predicted octanol–water partition coefficient (Wildman–Crippen LogP) is 4.53. The van der Waals surface area contributed by atoms with Gasteiger partial charge >= 0.3 is 0 Å². The Morgan fingerprint density at radius 2 is 1.91 bits per heavy atom. The number of nitrogens with zero attached hydrogens (tertiary/aromatic N) is 2. The van der Waals surface area contributed by atoms with Crippen LogP contribution in [0.3, 0.4) is 0 Å². The summed E-state index contributed by atoms with van der Waals surface area (Å²) in [6.07, 6.45) is 1.54. The van der Waals surface area contributed by atoms with E-state index in [0.29, 0.717) is 39.2 Å². The standard InChI is InChI=1S/C25H21N3O6S/c1-31-19-10-9-15(12-20(19)32-2)26-21(29)14-35-25-27-22-17-7-3-4-8-18(17)34-23(22)24(30)28(25)13-16-6-5-11-33-16/h3-12H,13-14H2,1-2H3,(H,26,29). The maximum absolute atomic E-state index is 13.4. The lowest BCUT2D eigenvalue weighted by atomic mass is 10.2. The molecule has 0 radical (unpaired) electrons. The average Bonchev–Trinajstić information content (AvgIpc) is 3.52. The smallest absolute Gasteiger partial charge is 0.298 e. The van der Waals surface area contributed by atoms with Crippen molar-refractivity contribution in [3.05, 3.63) is 77.0 Å². The van der Waals surface area contributed by atoms with E-state index in [2.05, 4.69) is 5.32 Å². The van der Waals surface area contributed by atoms with Crippen LogP contribution in [0.15, 0.2) is 79.6 Å². The molecule has 35 heavy (non-hydrogen) atoms. The molecular weight excluding hydrogens is 470 g/mol. The molecule has 1 N–H and O–H groups in total. The summed E-state index contributed by atoms with van der Waals surface area (Å²) in [6.45, 7) is 0.158. The number of furan rings is 2. The van der Waals surface area contributed by atoms with Crippen molar-refractivity contribution in [1.82, 2.24) is 9.55 Å². The van der Waals surface area contributed by atoms with Crippen LogP contribution in [0.5, 0.6) is 11.5 Å². The third-order valence-corrected chi connectivity index (χ3v) is 6.32. The highest BCUT2D eigenvalue weighted by molar-refractivity contribution is 7.99. The minimum Gasteiger partial charge on any atom is -0.493 e. The molecule has 0 aliphatic carbocycles. The highest BCUT2D eigenvalue weighted by Gasteiger charge is 2.19. The predicted molar refractivity (Wildman–Crippen MR) is 132 cm³/mol. The fourth-order valence-corrected chi connectivity index (χ4v) is 4.49. The number of para-hydroxylation sites is 1. The molecule has 9 nitrogen and oxygen atoms in total. The lowest BCUT2D eigenvalue weighted by Crippen LogP contribution is -2.24. The van der Waals surface area contributed by atoms with Gasteiger partial charge in [-0.1, -0.05) is 23.9 Å². The van der Waals surface area contributed by atoms with Gasteiger partial charge in [0, 0.05) is 17.1 Å². The Kier molecular flexibility index (Phi) is 6.19. The van der Waals surface area contributed by atoms with E-state index in [-0.39, 0.29) is 29.3 Å². The molecule has 0 saturated heterocycles. The minimum atomic E-state index is -0.342. The van der Waals surface area contributed by atoms with E-state index >= 15 is 0 Å². The van der Waals surface area contributed by atoms with E-state index in [0.717, 1.165) is 17.1 Å². The molecule has 1 amide bonds. The van der Waals surface area contributed by atoms with Crippen molar-refractivity contribution < 1.29 is 23.1 Å². The normalized spacial score (nSPS) is 11.1. The second-order valence-electron chi connectivity index (χ2n) is 7.55. The molecular formula is C25H21N3O6S. The highest BCUT2D eigenvalue weighted by Crippen LogP contribution is 2.30. The van der Waals surface area contributed by atoms with Crippen LogP contribution in [0.4, 0.5) is 5.69 Å². The van der Waals surface area contributed by atoms with Crippen molar-refractivity contribution in [2.75, 3.05) is 25.3 Å². The second kappa shape index (κ2) is 9.59. The van der Waals surface area contributed by atoms with Gasteiger partial charge in [0.2, 0.25) is 11.5 Å². The molecule has 0 spiro atoms. The summed E-state index contributed by atoms with van der Waals surface area (Å²) in [5, 5.41) is 3.95. The molecule has 178 valence electrons. The number of carbonyl (C=O) groups excluding carboxylic acids is 1. The summed E-state index contributed by atoms with van der Waals surface area (Å²) >= 11 is 1.16. The Bertz CT molecular complexity index is 1570. The molecule has 2 aromatic carbocycles. The number of amides is 1. The zero-order valence-electron chi connectivity index (χ0n) is 18.9. The number of anilines is 1. The number of thioether (sulfide) groups is 1. The number of hydrogen-bond donors (Lipinski definition) is 1. The number of rotatable bonds is 8. The first-order valence-corrected chi connectivity index (χ1v) is 11.6. The molecule has 0 atom stereocenters. The largest absolute Gasteiger partial charge is 0.493 e. The van der Waals surface area contributed by atoms with Crippen LogP contribution in [-0.2, 0) is 11.3 Å². The van der Waals surface area contributed by atoms with Crippen molar-refractivity contribution in [1.29, 1.82) is 0 Å². The lowest BCUT2D eigenvalue weighted by Gasteiger charge is -2.12. The Morgan fingerprint density at radius 1 is 1.09 bits per heavy atom. The van der Waals surface area contributed by atoms with Crippen LogP contribution >= 0.6 is 11.8 Å². The summed E-state index contributed by atoms with van der Waals surface area (Å²) in [4.78, 5) is 30.8. The summed E-state index contributed by atoms with van der Waals surface area (Å²) in [5.41, 5.74) is 1.42. The zero-order valence-corrected chi connectivity index (χ0v) is 19.8. The van der Waals surface area contributed by atoms with Crippen molar-refractivity contribution >= 4 is 45.4 Å². The van der Waals surface area contributed by atoms with Crippen LogP contribution in [0.1, 0.15) is 5.76 Å². The molecule has 5 aromatic rings. The summed E-state index contributed by atoms with van der Waals surface area (Å²) < 4.78 is 23.2. The second-order valence-corrected chi connectivity index (χ2v) is 8.49. The third-order valence-electron chi connectivity index (χ3n) is 5.34. The number of fused-ring (bicyclic) bond motifs is 3. The minimum absolute atomic E-state index is 0.0280. The molecule has 0 unspecified atom stereocenters. The van der Waals surface area contributed by atoms with Crippen LogP contribution in [0, 0.1) is 0 Å². The van der Waals surface area contributed by atoms with Crippen molar-refractivity contribution in [3.8, 4) is 11.5 Å². The Morgan fingerprint density at radius 3 is 2.69 bits per heavy atom. The first-order valence-electron chi connectivity index (χ1n) is 10.7. The number of carbonyl (C=O) groups is 1. The molecule has 10 heteroatoms. The molecule has 5 rings (SSSR count). The van der Waals surface area contributed by atoms with Crippen LogP contribution < -0.4 is 20.3 Å². The first-order chi connectivity index (χ1) is 17.1. The molecule has 3 aromatic heterocycles. The van der Waals surface area contributed by atoms with E-state index in [1.54, 1.807) is 43.5 Å². The average molecular weight is 492 g/mol. The first kappa shape index (κ1) is 22.6. The topological polar surface area (TPSA) is 109 Å². The van der Waals surface area contributed by atoms with E-state index in [1.165, 1.54) is 17.9 Å². The Labute approximate surface area is 203 Å². The monoisotopic (exact) mass is 491 g/mol. The fraction of sp³-hybridized carbons (Fsp3) is 0.160. The van der Waals surface area contributed by atoms with Gasteiger partial charge < -0.3 is 23.6 Å². The third kappa shape index (κ3) is 4.47. The number of nitrogens with one attached hydrogen (secondary N) is 1. The van der Waals surface area contributed by atoms with Gasteiger partial charge in [0.15, 0.2) is 16.7 Å². The van der Waals surface area contributed by atoms with Crippen molar-refractivity contribution in [3.63, 3.8) is 0 Å². The number of hydrogen-bond acceptors (Lipinski definition) is 8. The van der Waals surface area contributed by atoms with E-state index in [4.69, 9.17) is 23.3 Å². The SMILES string of the molecule is COc1ccc(NC(=O)CSc2nc3c(oc4ccccc43)c(=O)n2Cc2ccco2)cc1OC. The van der Waals surface area contributed by atoms with E-state index in [1.807, 2.05) is 18.2 Å². The van der Waals surface area contributed by atoms with E-state index < -0.39 is 0 Å². The van der Waals surface area contributed by atoms with Gasteiger partial charge in [0.25, 0.3) is 5.56 Å². The molecule has 0 saturated carbocycles. The van der Waals surface area contributed by atoms with Gasteiger partial charge in [0.05, 0.1) is 32.8 Å². The maximum atomic E-state index is 13.4. The van der Waals surface area contributed by atoms with Gasteiger partial charge in [-0.25, -0.2) is 4.98 Å². The summed E-state index contributed by atoms with van der Waals surface area (Å²) in [5.74, 6) is 1.41. The number of ether oxygens (including phenoxy) is 2. The van der Waals surface area contributed by atoms with Gasteiger partial charge in [0.1, 0.15) is 16.9 Å². The quantitative estimate of drug-likeness (QED) is 0.249. The summed E-state index contributed by atoms with van der Waals surface area (Å²) in [7, 11) is 3.07. The molecule has 0 fully saturated rings. The van der Waals surface area contributed by atoms with Gasteiger partial charge in [-0.15, -0.1) is 0 Å². The van der Waals surface area contributed by atoms with E-state index in [9.17, 15) is 9.59 Å². The van der Waals surface area contributed by atoms with Crippen LogP contribution in [0.2, 0.25) is 0 Å². The van der Waals surface area contributed by atoms with Crippen LogP contribution in [-0.4, -0.2) is 35.4 Å². The number of benzene rings is 2. The zero-order chi connectivity index (χ0) is 24.4. The lowest BCUT2D eigenvalue weighted by molar-refractivity contribution is -0.113.